The highest BCUT2D eigenvalue weighted by Gasteiger charge is 2.33. The van der Waals surface area contributed by atoms with Crippen LogP contribution in [0, 0.1) is 6.92 Å². The second kappa shape index (κ2) is 10.7. The fourth-order valence-corrected chi connectivity index (χ4v) is 5.57. The van der Waals surface area contributed by atoms with E-state index >= 15 is 0 Å². The lowest BCUT2D eigenvalue weighted by molar-refractivity contribution is 0.173. The summed E-state index contributed by atoms with van der Waals surface area (Å²) in [6.45, 7) is 3.02. The molecule has 0 radical (unpaired) electrons. The summed E-state index contributed by atoms with van der Waals surface area (Å²) in [7, 11) is 0. The third kappa shape index (κ3) is 5.02. The summed E-state index contributed by atoms with van der Waals surface area (Å²) < 4.78 is 7.72. The van der Waals surface area contributed by atoms with Crippen molar-refractivity contribution in [2.75, 3.05) is 0 Å². The average molecular weight is 510 g/mol. The highest BCUT2D eigenvalue weighted by molar-refractivity contribution is 5.79. The van der Waals surface area contributed by atoms with Gasteiger partial charge in [0.1, 0.15) is 11.8 Å². The van der Waals surface area contributed by atoms with E-state index in [9.17, 15) is 4.79 Å². The lowest BCUT2D eigenvalue weighted by atomic mass is 9.95. The number of nitrogens with one attached hydrogen (secondary N) is 1. The summed E-state index contributed by atoms with van der Waals surface area (Å²) in [6.07, 6.45) is 10.9. The number of hydrogen-bond acceptors (Lipinski definition) is 7. The first-order valence-electron chi connectivity index (χ1n) is 13.2. The number of tetrazole rings is 1. The summed E-state index contributed by atoms with van der Waals surface area (Å²) in [5.74, 6) is 1.47. The Morgan fingerprint density at radius 3 is 2.79 bits per heavy atom. The topological polar surface area (TPSA) is 106 Å². The van der Waals surface area contributed by atoms with Crippen molar-refractivity contribution < 1.29 is 4.42 Å². The highest BCUT2D eigenvalue weighted by Crippen LogP contribution is 2.34. The van der Waals surface area contributed by atoms with Gasteiger partial charge in [-0.1, -0.05) is 37.5 Å². The summed E-state index contributed by atoms with van der Waals surface area (Å²) in [6, 6.07) is 15.6. The zero-order valence-corrected chi connectivity index (χ0v) is 21.5. The van der Waals surface area contributed by atoms with Gasteiger partial charge >= 0.3 is 0 Å². The molecule has 194 valence electrons. The predicted octanol–water partition coefficient (Wildman–Crippen LogP) is 5.11. The minimum absolute atomic E-state index is 0.151. The van der Waals surface area contributed by atoms with Gasteiger partial charge in [0, 0.05) is 30.0 Å². The molecule has 0 aliphatic heterocycles. The molecule has 1 aromatic carbocycles. The first-order chi connectivity index (χ1) is 18.7. The maximum atomic E-state index is 13.7. The highest BCUT2D eigenvalue weighted by atomic mass is 16.3. The molecule has 1 aliphatic carbocycles. The fraction of sp³-hybridized carbons (Fsp3) is 0.345. The lowest BCUT2D eigenvalue weighted by Gasteiger charge is -2.32. The number of aryl methyl sites for hydroxylation is 1. The molecule has 0 bridgehead atoms. The van der Waals surface area contributed by atoms with Crippen molar-refractivity contribution in [2.24, 2.45) is 0 Å². The molecule has 1 aliphatic rings. The van der Waals surface area contributed by atoms with Crippen LogP contribution >= 0.6 is 0 Å². The van der Waals surface area contributed by atoms with Crippen molar-refractivity contribution in [3.63, 3.8) is 0 Å². The van der Waals surface area contributed by atoms with Crippen LogP contribution < -0.4 is 5.56 Å². The van der Waals surface area contributed by atoms with Gasteiger partial charge in [-0.3, -0.25) is 14.7 Å². The summed E-state index contributed by atoms with van der Waals surface area (Å²) in [5, 5.41) is 14.1. The normalized spacial score (nSPS) is 15.3. The molecular weight excluding hydrogens is 478 g/mol. The Morgan fingerprint density at radius 2 is 2.00 bits per heavy atom. The maximum Gasteiger partial charge on any atom is 0.253 e. The first kappa shape index (κ1) is 24.2. The van der Waals surface area contributed by atoms with Crippen LogP contribution in [0.25, 0.3) is 10.9 Å². The van der Waals surface area contributed by atoms with E-state index in [4.69, 9.17) is 4.42 Å². The van der Waals surface area contributed by atoms with Crippen LogP contribution in [-0.2, 0) is 13.1 Å². The molecule has 9 nitrogen and oxygen atoms in total. The van der Waals surface area contributed by atoms with Crippen LogP contribution in [0.4, 0.5) is 0 Å². The Labute approximate surface area is 220 Å². The van der Waals surface area contributed by atoms with Gasteiger partial charge in [-0.25, -0.2) is 4.68 Å². The van der Waals surface area contributed by atoms with Crippen molar-refractivity contribution in [2.45, 2.75) is 64.2 Å². The van der Waals surface area contributed by atoms with Gasteiger partial charge in [-0.2, -0.15) is 0 Å². The van der Waals surface area contributed by atoms with E-state index in [1.54, 1.807) is 12.5 Å². The molecule has 4 aromatic heterocycles. The molecule has 1 atom stereocenters. The molecule has 0 unspecified atom stereocenters. The van der Waals surface area contributed by atoms with Gasteiger partial charge in [0.15, 0.2) is 5.82 Å². The molecular formula is C29H31N7O2. The zero-order valence-electron chi connectivity index (χ0n) is 21.5. The van der Waals surface area contributed by atoms with Gasteiger partial charge in [0.05, 0.1) is 18.8 Å². The standard InChI is InChI=1S/C29H31N7O2/c1-20-11-12-22-16-25(29(37)31-26(22)15-20)27(28-32-33-34-36(28)23-8-3-2-4-9-23)35(19-24-10-6-14-38-24)18-21-7-5-13-30-17-21/h5-7,10-17,23,27H,2-4,8-9,18-19H2,1H3,(H,31,37)/t27-/m1/s1. The number of hydrogen-bond donors (Lipinski definition) is 1. The molecule has 1 saturated carbocycles. The van der Waals surface area contributed by atoms with E-state index in [2.05, 4.69) is 36.5 Å². The van der Waals surface area contributed by atoms with Gasteiger partial charge in [-0.15, -0.1) is 5.10 Å². The Balaban J connectivity index is 1.52. The summed E-state index contributed by atoms with van der Waals surface area (Å²) in [4.78, 5) is 23.4. The maximum absolute atomic E-state index is 13.7. The van der Waals surface area contributed by atoms with E-state index in [-0.39, 0.29) is 11.6 Å². The van der Waals surface area contributed by atoms with Crippen molar-refractivity contribution in [3.05, 3.63) is 106 Å². The summed E-state index contributed by atoms with van der Waals surface area (Å²) in [5.41, 5.74) is 3.38. The molecule has 5 aromatic rings. The van der Waals surface area contributed by atoms with Gasteiger partial charge in [-0.05, 0) is 77.0 Å². The van der Waals surface area contributed by atoms with Crippen molar-refractivity contribution in [3.8, 4) is 0 Å². The number of furan rings is 1. The van der Waals surface area contributed by atoms with Crippen LogP contribution in [0.15, 0.2) is 76.4 Å². The molecule has 9 heteroatoms. The molecule has 0 amide bonds. The number of fused-ring (bicyclic) bond motifs is 1. The Kier molecular flexibility index (Phi) is 6.83. The number of nitrogens with zero attached hydrogens (tertiary/aromatic N) is 6. The van der Waals surface area contributed by atoms with Crippen LogP contribution in [0.1, 0.15) is 72.5 Å². The van der Waals surface area contributed by atoms with Crippen LogP contribution in [0.2, 0.25) is 0 Å². The minimum atomic E-state index is -0.508. The minimum Gasteiger partial charge on any atom is -0.468 e. The predicted molar refractivity (Wildman–Crippen MR) is 143 cm³/mol. The van der Waals surface area contributed by atoms with Crippen LogP contribution in [0.5, 0.6) is 0 Å². The lowest BCUT2D eigenvalue weighted by Crippen LogP contribution is -2.35. The molecule has 0 spiro atoms. The molecule has 4 heterocycles. The number of benzene rings is 1. The second-order valence-corrected chi connectivity index (χ2v) is 10.2. The molecule has 1 fully saturated rings. The molecule has 0 saturated heterocycles. The van der Waals surface area contributed by atoms with Crippen LogP contribution in [0.3, 0.4) is 0 Å². The Morgan fingerprint density at radius 1 is 1.11 bits per heavy atom. The van der Waals surface area contributed by atoms with Crippen molar-refractivity contribution in [1.82, 2.24) is 35.1 Å². The number of rotatable bonds is 8. The van der Waals surface area contributed by atoms with E-state index in [0.717, 1.165) is 53.5 Å². The average Bonchev–Trinajstić information content (AvgIpc) is 3.63. The van der Waals surface area contributed by atoms with E-state index in [1.807, 2.05) is 60.3 Å². The largest absolute Gasteiger partial charge is 0.468 e. The first-order valence-corrected chi connectivity index (χ1v) is 13.2. The van der Waals surface area contributed by atoms with Gasteiger partial charge in [0.2, 0.25) is 0 Å². The zero-order chi connectivity index (χ0) is 25.9. The van der Waals surface area contributed by atoms with Crippen molar-refractivity contribution in [1.29, 1.82) is 0 Å². The summed E-state index contributed by atoms with van der Waals surface area (Å²) >= 11 is 0. The number of aromatic nitrogens is 6. The number of aromatic amines is 1. The molecule has 38 heavy (non-hydrogen) atoms. The van der Waals surface area contributed by atoms with E-state index in [0.29, 0.717) is 24.5 Å². The van der Waals surface area contributed by atoms with Gasteiger partial charge in [0.25, 0.3) is 5.56 Å². The van der Waals surface area contributed by atoms with E-state index in [1.165, 1.54) is 6.42 Å². The van der Waals surface area contributed by atoms with E-state index < -0.39 is 6.04 Å². The third-order valence-electron chi connectivity index (χ3n) is 7.42. The third-order valence-corrected chi connectivity index (χ3v) is 7.42. The van der Waals surface area contributed by atoms with Gasteiger partial charge < -0.3 is 9.40 Å². The number of pyridine rings is 2. The monoisotopic (exact) mass is 509 g/mol. The van der Waals surface area contributed by atoms with Crippen LogP contribution in [-0.4, -0.2) is 35.1 Å². The quantitative estimate of drug-likeness (QED) is 0.310. The Bertz CT molecular complexity index is 1550. The SMILES string of the molecule is Cc1ccc2cc([C@H](c3nnnn3C3CCCCC3)N(Cc3cccnc3)Cc3ccco3)c(=O)[nH]c2c1. The number of H-pyrrole nitrogens is 1. The molecule has 1 N–H and O–H groups in total. The fourth-order valence-electron chi connectivity index (χ4n) is 5.57. The molecule has 6 rings (SSSR count). The van der Waals surface area contributed by atoms with Crippen molar-refractivity contribution >= 4 is 10.9 Å². The second-order valence-electron chi connectivity index (χ2n) is 10.2. The Hall–Kier alpha value is -4.11. The smallest absolute Gasteiger partial charge is 0.253 e.